The summed E-state index contributed by atoms with van der Waals surface area (Å²) in [4.78, 5) is 96.2. The molecule has 3 atom stereocenters. The number of hydrogen-bond donors (Lipinski definition) is 3. The molecule has 19 nitrogen and oxygen atoms in total. The lowest BCUT2D eigenvalue weighted by molar-refractivity contribution is -0.200. The number of esters is 2. The van der Waals surface area contributed by atoms with Crippen LogP contribution >= 0.6 is 0 Å². The number of benzene rings is 2. The summed E-state index contributed by atoms with van der Waals surface area (Å²) in [5, 5.41) is 9.12. The topological polar surface area (TPSA) is 244 Å². The molecule has 0 aliphatic rings. The normalized spacial score (nSPS) is 12.5. The first kappa shape index (κ1) is 51.7. The van der Waals surface area contributed by atoms with Gasteiger partial charge in [0.1, 0.15) is 35.5 Å². The summed E-state index contributed by atoms with van der Waals surface area (Å²) in [6.07, 6.45) is 3.47. The van der Waals surface area contributed by atoms with E-state index in [0.29, 0.717) is 30.6 Å². The molecule has 0 aliphatic carbocycles. The van der Waals surface area contributed by atoms with Gasteiger partial charge in [-0.15, -0.1) is 0 Å². The summed E-state index contributed by atoms with van der Waals surface area (Å²) in [5.41, 5.74) is 0.348. The molecule has 0 aliphatic heterocycles. The van der Waals surface area contributed by atoms with Gasteiger partial charge in [-0.05, 0) is 89.4 Å². The number of aryl methyl sites for hydroxylation is 1. The zero-order chi connectivity index (χ0) is 48.4. The standard InChI is InChI=1S/C47H60N4O15/c1-9-12-13-14-33(36(10-2)51(28-52)62-25-30-15-18-32(59-8)19-16-30)42(54)48-27-49-44(56)38-22-21-37(64-38)31-17-20-34(39(23-31)60-11-3)43(55)50-35(24-41(53)66-47(5,6)7)45(57)61-26-40-29(4)63-46(58)65-40/h15-23,28,33,35-36H,9-14,24-27H2,1-8H3,(H,48,54)(H,49,56)(H,50,55)/t33?,35-,36+/m0/s1. The van der Waals surface area contributed by atoms with Gasteiger partial charge in [-0.3, -0.25) is 28.8 Å². The number of rotatable bonds is 26. The Labute approximate surface area is 382 Å². The molecule has 2 aromatic heterocycles. The molecular formula is C47H60N4O15. The van der Waals surface area contributed by atoms with Crippen LogP contribution in [0.4, 0.5) is 0 Å². The van der Waals surface area contributed by atoms with Crippen molar-refractivity contribution in [3.8, 4) is 22.8 Å². The Bertz CT molecular complexity index is 2310. The largest absolute Gasteiger partial charge is 0.519 e. The van der Waals surface area contributed by atoms with E-state index in [1.54, 1.807) is 53.0 Å². The van der Waals surface area contributed by atoms with Crippen molar-refractivity contribution in [1.29, 1.82) is 0 Å². The van der Waals surface area contributed by atoms with Crippen molar-refractivity contribution in [2.24, 2.45) is 5.92 Å². The molecule has 0 saturated heterocycles. The monoisotopic (exact) mass is 920 g/mol. The van der Waals surface area contributed by atoms with Crippen LogP contribution in [0.1, 0.15) is 118 Å². The van der Waals surface area contributed by atoms with Crippen molar-refractivity contribution in [1.82, 2.24) is 21.0 Å². The molecule has 0 radical (unpaired) electrons. The molecule has 0 saturated carbocycles. The van der Waals surface area contributed by atoms with Crippen LogP contribution in [0.25, 0.3) is 11.3 Å². The summed E-state index contributed by atoms with van der Waals surface area (Å²) >= 11 is 0. The van der Waals surface area contributed by atoms with E-state index in [1.807, 2.05) is 19.1 Å². The number of nitrogens with one attached hydrogen (secondary N) is 3. The van der Waals surface area contributed by atoms with Gasteiger partial charge in [-0.25, -0.2) is 14.7 Å². The lowest BCUT2D eigenvalue weighted by Gasteiger charge is -2.32. The smallest absolute Gasteiger partial charge is 0.497 e. The maximum atomic E-state index is 13.7. The zero-order valence-electron chi connectivity index (χ0n) is 38.6. The van der Waals surface area contributed by atoms with Crippen molar-refractivity contribution in [3.05, 3.63) is 93.6 Å². The molecule has 2 heterocycles. The maximum Gasteiger partial charge on any atom is 0.519 e. The van der Waals surface area contributed by atoms with E-state index in [4.69, 9.17) is 37.0 Å². The molecule has 358 valence electrons. The van der Waals surface area contributed by atoms with E-state index in [9.17, 15) is 33.6 Å². The van der Waals surface area contributed by atoms with Crippen LogP contribution in [0.15, 0.2) is 72.6 Å². The van der Waals surface area contributed by atoms with Gasteiger partial charge >= 0.3 is 17.8 Å². The number of hydrogen-bond acceptors (Lipinski definition) is 15. The Balaban J connectivity index is 1.42. The van der Waals surface area contributed by atoms with Gasteiger partial charge in [0, 0.05) is 5.56 Å². The molecule has 2 aromatic carbocycles. The molecule has 4 amide bonds. The maximum absolute atomic E-state index is 13.7. The Morgan fingerprint density at radius 3 is 2.24 bits per heavy atom. The van der Waals surface area contributed by atoms with E-state index < -0.39 is 66.2 Å². The summed E-state index contributed by atoms with van der Waals surface area (Å²) in [6.45, 7) is 11.5. The van der Waals surface area contributed by atoms with Gasteiger partial charge in [0.2, 0.25) is 12.3 Å². The zero-order valence-corrected chi connectivity index (χ0v) is 38.6. The fourth-order valence-corrected chi connectivity index (χ4v) is 6.74. The van der Waals surface area contributed by atoms with Crippen molar-refractivity contribution < 1.29 is 65.8 Å². The van der Waals surface area contributed by atoms with E-state index in [-0.39, 0.29) is 60.1 Å². The number of nitrogens with zero attached hydrogens (tertiary/aromatic N) is 1. The van der Waals surface area contributed by atoms with Crippen LogP contribution in [0.2, 0.25) is 0 Å². The van der Waals surface area contributed by atoms with Crippen LogP contribution in [-0.2, 0) is 46.7 Å². The molecule has 0 fully saturated rings. The lowest BCUT2D eigenvalue weighted by Crippen LogP contribution is -2.48. The molecule has 4 aromatic rings. The van der Waals surface area contributed by atoms with E-state index >= 15 is 0 Å². The average molecular weight is 921 g/mol. The van der Waals surface area contributed by atoms with Crippen LogP contribution < -0.4 is 31.2 Å². The Morgan fingerprint density at radius 1 is 0.879 bits per heavy atom. The van der Waals surface area contributed by atoms with Gasteiger partial charge in [0.15, 0.2) is 23.9 Å². The lowest BCUT2D eigenvalue weighted by atomic mass is 9.90. The summed E-state index contributed by atoms with van der Waals surface area (Å²) in [6, 6.07) is 12.6. The second kappa shape index (κ2) is 25.0. The first-order valence-electron chi connectivity index (χ1n) is 21.7. The summed E-state index contributed by atoms with van der Waals surface area (Å²) in [5.74, 6) is -4.20. The first-order chi connectivity index (χ1) is 31.5. The van der Waals surface area contributed by atoms with E-state index in [1.165, 1.54) is 36.3 Å². The number of unbranched alkanes of at least 4 members (excludes halogenated alkanes) is 2. The van der Waals surface area contributed by atoms with Gasteiger partial charge in [-0.2, -0.15) is 0 Å². The Hall–Kier alpha value is -6.89. The van der Waals surface area contributed by atoms with Crippen LogP contribution in [-0.4, -0.2) is 79.2 Å². The second-order valence-corrected chi connectivity index (χ2v) is 16.1. The highest BCUT2D eigenvalue weighted by Gasteiger charge is 2.33. The van der Waals surface area contributed by atoms with Crippen molar-refractivity contribution in [2.45, 2.75) is 118 Å². The molecule has 0 bridgehead atoms. The fraction of sp³-hybridized carbons (Fsp3) is 0.468. The van der Waals surface area contributed by atoms with Crippen molar-refractivity contribution >= 4 is 36.1 Å². The highest BCUT2D eigenvalue weighted by molar-refractivity contribution is 6.00. The van der Waals surface area contributed by atoms with Crippen molar-refractivity contribution in [2.75, 3.05) is 20.4 Å². The Morgan fingerprint density at radius 2 is 1.62 bits per heavy atom. The molecule has 19 heteroatoms. The number of ether oxygens (including phenoxy) is 4. The molecule has 4 rings (SSSR count). The Kier molecular flexibility index (Phi) is 19.6. The summed E-state index contributed by atoms with van der Waals surface area (Å²) in [7, 11) is 1.57. The van der Waals surface area contributed by atoms with Crippen LogP contribution in [0.5, 0.6) is 11.5 Å². The minimum absolute atomic E-state index is 0.00194. The number of hydroxylamine groups is 2. The van der Waals surface area contributed by atoms with E-state index in [0.717, 1.165) is 24.8 Å². The van der Waals surface area contributed by atoms with Gasteiger partial charge in [0.25, 0.3) is 11.8 Å². The third-order valence-electron chi connectivity index (χ3n) is 10.0. The van der Waals surface area contributed by atoms with E-state index in [2.05, 4.69) is 22.9 Å². The van der Waals surface area contributed by atoms with Crippen LogP contribution in [0, 0.1) is 12.8 Å². The van der Waals surface area contributed by atoms with Crippen LogP contribution in [0.3, 0.4) is 0 Å². The molecule has 3 N–H and O–H groups in total. The molecular weight excluding hydrogens is 861 g/mol. The third kappa shape index (κ3) is 15.4. The number of furan rings is 1. The highest BCUT2D eigenvalue weighted by Crippen LogP contribution is 2.30. The number of amides is 4. The minimum Gasteiger partial charge on any atom is -0.497 e. The van der Waals surface area contributed by atoms with Gasteiger partial charge < -0.3 is 48.1 Å². The molecule has 0 spiro atoms. The van der Waals surface area contributed by atoms with Gasteiger partial charge in [-0.1, -0.05) is 51.3 Å². The molecule has 1 unspecified atom stereocenters. The molecule has 66 heavy (non-hydrogen) atoms. The predicted octanol–water partition coefficient (Wildman–Crippen LogP) is 6.15. The second-order valence-electron chi connectivity index (χ2n) is 16.1. The first-order valence-corrected chi connectivity index (χ1v) is 21.7. The number of carbonyl (C=O) groups excluding carboxylic acids is 6. The quantitative estimate of drug-likeness (QED) is 0.0210. The predicted molar refractivity (Wildman–Crippen MR) is 237 cm³/mol. The summed E-state index contributed by atoms with van der Waals surface area (Å²) < 4.78 is 37.2. The highest BCUT2D eigenvalue weighted by atomic mass is 16.7. The van der Waals surface area contributed by atoms with Crippen molar-refractivity contribution in [3.63, 3.8) is 0 Å². The average Bonchev–Trinajstić information content (AvgIpc) is 3.91. The minimum atomic E-state index is -1.52. The van der Waals surface area contributed by atoms with Gasteiger partial charge in [0.05, 0.1) is 44.3 Å². The fourth-order valence-electron chi connectivity index (χ4n) is 6.74. The number of methoxy groups -OCH3 is 1. The third-order valence-corrected chi connectivity index (χ3v) is 10.0. The SMILES string of the molecule is CCCCCC(C(=O)NCNC(=O)c1ccc(-c2ccc(C(=O)N[C@@H](CC(=O)OC(C)(C)C)C(=O)OCc3oc(=O)oc3C)c(OCC)c2)o1)[C@@H](CC)N(C=O)OCc1ccc(OC)cc1. The number of carbonyl (C=O) groups is 6.